The van der Waals surface area contributed by atoms with Crippen LogP contribution in [0.4, 0.5) is 0 Å². The smallest absolute Gasteiger partial charge is 0.404 e. The highest BCUT2D eigenvalue weighted by atomic mass is 31.2. The quantitative estimate of drug-likeness (QED) is 0.484. The number of nitrogens with zero attached hydrogens (tertiary/aromatic N) is 1. The summed E-state index contributed by atoms with van der Waals surface area (Å²) < 4.78 is 15.5. The molecule has 124 valence electrons. The number of fused-ring (bicyclic) bond motifs is 1. The lowest BCUT2D eigenvalue weighted by Gasteiger charge is -2.18. The molecule has 0 saturated heterocycles. The van der Waals surface area contributed by atoms with E-state index in [0.717, 1.165) is 42.5 Å². The minimum absolute atomic E-state index is 0.138. The fourth-order valence-corrected chi connectivity index (χ4v) is 2.86. The van der Waals surface area contributed by atoms with Crippen molar-refractivity contribution in [1.82, 2.24) is 9.88 Å². The Bertz CT molecular complexity index is 725. The van der Waals surface area contributed by atoms with Gasteiger partial charge in [0.1, 0.15) is 5.75 Å². The van der Waals surface area contributed by atoms with E-state index < -0.39 is 7.82 Å². The Morgan fingerprint density at radius 2 is 1.96 bits per heavy atom. The summed E-state index contributed by atoms with van der Waals surface area (Å²) in [6.45, 7) is 9.98. The Hall–Kier alpha value is -1.85. The standard InChI is InChI=1S/C16H21N2O4P/c1-3-8-18(9-4-2)10-7-13-12-17-16-11-14(5-6-15(13)16)22-23(19,20)21/h3-6,11-12,17H,1-2,7-10H2,(H2,19,20,21). The molecule has 0 aliphatic heterocycles. The summed E-state index contributed by atoms with van der Waals surface area (Å²) >= 11 is 0. The predicted octanol–water partition coefficient (Wildman–Crippen LogP) is 2.86. The third-order valence-corrected chi connectivity index (χ3v) is 3.88. The van der Waals surface area contributed by atoms with Gasteiger partial charge in [-0.05, 0) is 24.1 Å². The third-order valence-electron chi connectivity index (χ3n) is 3.44. The molecule has 0 atom stereocenters. The lowest BCUT2D eigenvalue weighted by molar-refractivity contribution is 0.283. The molecule has 0 saturated carbocycles. The number of nitrogens with one attached hydrogen (secondary N) is 1. The van der Waals surface area contributed by atoms with Crippen LogP contribution in [-0.4, -0.2) is 39.3 Å². The van der Waals surface area contributed by atoms with Crippen LogP contribution in [0.5, 0.6) is 5.75 Å². The first-order valence-electron chi connectivity index (χ1n) is 7.22. The minimum Gasteiger partial charge on any atom is -0.404 e. The van der Waals surface area contributed by atoms with E-state index in [1.807, 2.05) is 18.3 Å². The van der Waals surface area contributed by atoms with Gasteiger partial charge in [-0.1, -0.05) is 12.2 Å². The molecule has 6 nitrogen and oxygen atoms in total. The first-order valence-corrected chi connectivity index (χ1v) is 8.75. The van der Waals surface area contributed by atoms with E-state index in [-0.39, 0.29) is 5.75 Å². The van der Waals surface area contributed by atoms with Crippen molar-refractivity contribution in [3.63, 3.8) is 0 Å². The van der Waals surface area contributed by atoms with Crippen molar-refractivity contribution in [2.24, 2.45) is 0 Å². The molecule has 1 aromatic carbocycles. The Morgan fingerprint density at radius 3 is 2.57 bits per heavy atom. The van der Waals surface area contributed by atoms with Crippen LogP contribution in [0.15, 0.2) is 49.7 Å². The maximum absolute atomic E-state index is 10.9. The van der Waals surface area contributed by atoms with Crippen LogP contribution in [-0.2, 0) is 11.0 Å². The molecule has 0 aliphatic carbocycles. The Balaban J connectivity index is 2.11. The first-order chi connectivity index (χ1) is 10.9. The van der Waals surface area contributed by atoms with Crippen molar-refractivity contribution in [2.45, 2.75) is 6.42 Å². The minimum atomic E-state index is -4.54. The van der Waals surface area contributed by atoms with E-state index in [9.17, 15) is 4.57 Å². The van der Waals surface area contributed by atoms with Gasteiger partial charge in [-0.2, -0.15) is 0 Å². The molecule has 3 N–H and O–H groups in total. The number of rotatable bonds is 9. The van der Waals surface area contributed by atoms with Crippen molar-refractivity contribution in [3.05, 3.63) is 55.3 Å². The van der Waals surface area contributed by atoms with Gasteiger partial charge in [0.05, 0.1) is 0 Å². The van der Waals surface area contributed by atoms with Crippen LogP contribution in [0.25, 0.3) is 10.9 Å². The van der Waals surface area contributed by atoms with Crippen LogP contribution < -0.4 is 4.52 Å². The summed E-state index contributed by atoms with van der Waals surface area (Å²) in [7, 11) is -4.54. The second kappa shape index (κ2) is 7.62. The van der Waals surface area contributed by atoms with Gasteiger partial charge in [0, 0.05) is 42.8 Å². The molecule has 0 aliphatic rings. The average molecular weight is 336 g/mol. The normalized spacial score (nSPS) is 11.8. The van der Waals surface area contributed by atoms with Crippen LogP contribution in [0.1, 0.15) is 5.56 Å². The molecule has 0 amide bonds. The van der Waals surface area contributed by atoms with Crippen molar-refractivity contribution in [3.8, 4) is 5.75 Å². The number of hydrogen-bond acceptors (Lipinski definition) is 3. The van der Waals surface area contributed by atoms with Crippen molar-refractivity contribution in [2.75, 3.05) is 19.6 Å². The second-order valence-corrected chi connectivity index (χ2v) is 6.35. The van der Waals surface area contributed by atoms with Crippen molar-refractivity contribution < 1.29 is 18.9 Å². The molecule has 2 rings (SSSR count). The highest BCUT2D eigenvalue weighted by molar-refractivity contribution is 7.46. The summed E-state index contributed by atoms with van der Waals surface area (Å²) in [4.78, 5) is 23.0. The highest BCUT2D eigenvalue weighted by Gasteiger charge is 2.16. The maximum atomic E-state index is 10.9. The van der Waals surface area contributed by atoms with E-state index in [4.69, 9.17) is 9.79 Å². The Kier molecular flexibility index (Phi) is 5.80. The molecule has 1 aromatic heterocycles. The van der Waals surface area contributed by atoms with E-state index in [1.54, 1.807) is 18.2 Å². The predicted molar refractivity (Wildman–Crippen MR) is 91.5 cm³/mol. The van der Waals surface area contributed by atoms with Gasteiger partial charge < -0.3 is 9.51 Å². The SMILES string of the molecule is C=CCN(CC=C)CCc1c[nH]c2cc(OP(=O)(O)O)ccc12. The Morgan fingerprint density at radius 1 is 1.26 bits per heavy atom. The van der Waals surface area contributed by atoms with Crippen LogP contribution in [0.2, 0.25) is 0 Å². The summed E-state index contributed by atoms with van der Waals surface area (Å²) in [6.07, 6.45) is 6.49. The molecule has 0 spiro atoms. The fraction of sp³-hybridized carbons (Fsp3) is 0.250. The summed E-state index contributed by atoms with van der Waals surface area (Å²) in [6, 6.07) is 4.95. The van der Waals surface area contributed by atoms with Gasteiger partial charge in [0.2, 0.25) is 0 Å². The lowest BCUT2D eigenvalue weighted by Crippen LogP contribution is -2.26. The second-order valence-electron chi connectivity index (χ2n) is 5.19. The maximum Gasteiger partial charge on any atom is 0.524 e. The molecule has 0 radical (unpaired) electrons. The van der Waals surface area contributed by atoms with Gasteiger partial charge in [-0.3, -0.25) is 14.7 Å². The zero-order chi connectivity index (χ0) is 16.9. The molecule has 2 aromatic rings. The lowest BCUT2D eigenvalue weighted by atomic mass is 10.1. The van der Waals surface area contributed by atoms with E-state index >= 15 is 0 Å². The number of aromatic amines is 1. The Labute approximate surface area is 135 Å². The molecule has 7 heteroatoms. The summed E-state index contributed by atoms with van der Waals surface area (Å²) in [5, 5.41) is 1.01. The van der Waals surface area contributed by atoms with Crippen molar-refractivity contribution >= 4 is 18.7 Å². The summed E-state index contributed by atoms with van der Waals surface area (Å²) in [5.41, 5.74) is 1.92. The largest absolute Gasteiger partial charge is 0.524 e. The molecule has 0 bridgehead atoms. The summed E-state index contributed by atoms with van der Waals surface area (Å²) in [5.74, 6) is 0.138. The average Bonchev–Trinajstić information content (AvgIpc) is 2.86. The van der Waals surface area contributed by atoms with Gasteiger partial charge in [0.25, 0.3) is 0 Å². The highest BCUT2D eigenvalue weighted by Crippen LogP contribution is 2.38. The number of benzene rings is 1. The number of hydrogen-bond donors (Lipinski definition) is 3. The van der Waals surface area contributed by atoms with Crippen LogP contribution in [0.3, 0.4) is 0 Å². The van der Waals surface area contributed by atoms with Gasteiger partial charge in [0.15, 0.2) is 0 Å². The molecular formula is C16H21N2O4P. The van der Waals surface area contributed by atoms with Gasteiger partial charge >= 0.3 is 7.82 Å². The van der Waals surface area contributed by atoms with E-state index in [1.165, 1.54) is 0 Å². The van der Waals surface area contributed by atoms with Crippen LogP contribution in [0, 0.1) is 0 Å². The zero-order valence-corrected chi connectivity index (χ0v) is 13.7. The number of H-pyrrole nitrogens is 1. The number of aromatic nitrogens is 1. The first kappa shape index (κ1) is 17.5. The number of phosphoric acid groups is 1. The topological polar surface area (TPSA) is 85.8 Å². The molecule has 0 fully saturated rings. The molecule has 1 heterocycles. The van der Waals surface area contributed by atoms with E-state index in [0.29, 0.717) is 0 Å². The zero-order valence-electron chi connectivity index (χ0n) is 12.8. The monoisotopic (exact) mass is 336 g/mol. The van der Waals surface area contributed by atoms with Gasteiger partial charge in [-0.25, -0.2) is 4.57 Å². The van der Waals surface area contributed by atoms with Gasteiger partial charge in [-0.15, -0.1) is 13.2 Å². The fourth-order valence-electron chi connectivity index (χ4n) is 2.47. The van der Waals surface area contributed by atoms with E-state index in [2.05, 4.69) is 27.6 Å². The molecule has 0 unspecified atom stereocenters. The molecule has 23 heavy (non-hydrogen) atoms. The van der Waals surface area contributed by atoms with Crippen molar-refractivity contribution in [1.29, 1.82) is 0 Å². The van der Waals surface area contributed by atoms with Crippen LogP contribution >= 0.6 is 7.82 Å². The third kappa shape index (κ3) is 5.08. The number of phosphoric ester groups is 1. The molecular weight excluding hydrogens is 315 g/mol.